The topological polar surface area (TPSA) is 147 Å². The van der Waals surface area contributed by atoms with Crippen molar-refractivity contribution in [3.63, 3.8) is 0 Å². The largest absolute Gasteiger partial charge is 0.383 e. The highest BCUT2D eigenvalue weighted by Crippen LogP contribution is 2.35. The van der Waals surface area contributed by atoms with Gasteiger partial charge in [-0.05, 0) is 11.6 Å². The maximum Gasteiger partial charge on any atom is 0.223 e. The average molecular weight is 309 g/mol. The number of aromatic nitrogens is 2. The molecule has 9 heteroatoms. The fraction of sp³-hybridized carbons (Fsp3) is 0.167. The van der Waals surface area contributed by atoms with E-state index in [0.717, 1.165) is 0 Å². The van der Waals surface area contributed by atoms with Crippen molar-refractivity contribution in [3.05, 3.63) is 50.5 Å². The summed E-state index contributed by atoms with van der Waals surface area (Å²) in [5.74, 6) is -0.833. The molecule has 0 fully saturated rings. The summed E-state index contributed by atoms with van der Waals surface area (Å²) in [6.45, 7) is -0.439. The molecule has 0 radical (unpaired) electrons. The molecule has 0 saturated carbocycles. The lowest BCUT2D eigenvalue weighted by Crippen LogP contribution is -2.19. The lowest BCUT2D eigenvalue weighted by atomic mass is 9.91. The number of rotatable bonds is 4. The molecule has 0 aliphatic carbocycles. The number of nitrogens with zero attached hydrogens (tertiary/aromatic N) is 3. The molecule has 0 aliphatic heterocycles. The number of benzene rings is 1. The minimum Gasteiger partial charge on any atom is -0.383 e. The molecule has 2 aromatic rings. The van der Waals surface area contributed by atoms with E-state index < -0.39 is 17.4 Å². The molecule has 1 atom stereocenters. The monoisotopic (exact) mass is 308 g/mol. The van der Waals surface area contributed by atoms with Crippen LogP contribution in [0.15, 0.2) is 24.3 Å². The molecule has 8 nitrogen and oxygen atoms in total. The summed E-state index contributed by atoms with van der Waals surface area (Å²) in [6, 6.07) is 6.75. The van der Waals surface area contributed by atoms with Crippen molar-refractivity contribution in [1.82, 2.24) is 9.97 Å². The third-order valence-corrected chi connectivity index (χ3v) is 3.33. The summed E-state index contributed by atoms with van der Waals surface area (Å²) < 4.78 is 0. The standard InChI is InChI=1S/C12H13ClN6O2/c13-8-4-2-1-3-6(8)7(5-19(20)21)9-10(14)17-12(16)18-11(9)15/h1-4,7H,5H2,(H6,14,15,16,17,18). The molecular weight excluding hydrogens is 296 g/mol. The molecule has 110 valence electrons. The third kappa shape index (κ3) is 3.11. The zero-order chi connectivity index (χ0) is 15.6. The van der Waals surface area contributed by atoms with Crippen LogP contribution < -0.4 is 17.2 Å². The molecule has 1 aromatic heterocycles. The van der Waals surface area contributed by atoms with Crippen molar-refractivity contribution in [2.75, 3.05) is 23.7 Å². The van der Waals surface area contributed by atoms with E-state index in [0.29, 0.717) is 10.6 Å². The van der Waals surface area contributed by atoms with Gasteiger partial charge in [0, 0.05) is 9.95 Å². The number of halogens is 1. The molecule has 0 amide bonds. The molecule has 0 spiro atoms. The van der Waals surface area contributed by atoms with E-state index in [2.05, 4.69) is 9.97 Å². The van der Waals surface area contributed by atoms with Crippen molar-refractivity contribution < 1.29 is 4.92 Å². The maximum absolute atomic E-state index is 11.0. The molecule has 0 bridgehead atoms. The first-order valence-electron chi connectivity index (χ1n) is 5.94. The summed E-state index contributed by atoms with van der Waals surface area (Å²) in [4.78, 5) is 18.1. The molecule has 1 unspecified atom stereocenters. The Morgan fingerprint density at radius 1 is 1.19 bits per heavy atom. The van der Waals surface area contributed by atoms with Crippen molar-refractivity contribution in [1.29, 1.82) is 0 Å². The Morgan fingerprint density at radius 3 is 2.29 bits per heavy atom. The van der Waals surface area contributed by atoms with E-state index in [4.69, 9.17) is 28.8 Å². The van der Waals surface area contributed by atoms with E-state index in [1.165, 1.54) is 0 Å². The van der Waals surface area contributed by atoms with Gasteiger partial charge >= 0.3 is 0 Å². The fourth-order valence-electron chi connectivity index (χ4n) is 2.13. The average Bonchev–Trinajstić information content (AvgIpc) is 2.36. The first-order valence-corrected chi connectivity index (χ1v) is 6.32. The third-order valence-electron chi connectivity index (χ3n) is 2.98. The predicted octanol–water partition coefficient (Wildman–Crippen LogP) is 1.29. The molecule has 1 aromatic carbocycles. The smallest absolute Gasteiger partial charge is 0.223 e. The van der Waals surface area contributed by atoms with Crippen LogP contribution >= 0.6 is 11.6 Å². The second-order valence-electron chi connectivity index (χ2n) is 4.36. The predicted molar refractivity (Wildman–Crippen MR) is 80.4 cm³/mol. The first-order chi connectivity index (χ1) is 9.90. The van der Waals surface area contributed by atoms with Crippen LogP contribution in [0.2, 0.25) is 5.02 Å². The van der Waals surface area contributed by atoms with Crippen molar-refractivity contribution >= 4 is 29.2 Å². The van der Waals surface area contributed by atoms with Gasteiger partial charge in [-0.3, -0.25) is 10.1 Å². The van der Waals surface area contributed by atoms with Crippen LogP contribution in [0.5, 0.6) is 0 Å². The van der Waals surface area contributed by atoms with Crippen LogP contribution in [-0.2, 0) is 0 Å². The highest BCUT2D eigenvalue weighted by molar-refractivity contribution is 6.31. The van der Waals surface area contributed by atoms with Gasteiger partial charge in [0.05, 0.1) is 11.5 Å². The molecule has 0 aliphatic rings. The number of nitrogen functional groups attached to an aromatic ring is 3. The van der Waals surface area contributed by atoms with E-state index >= 15 is 0 Å². The van der Waals surface area contributed by atoms with Crippen LogP contribution in [0.3, 0.4) is 0 Å². The number of nitrogens with two attached hydrogens (primary N) is 3. The Labute approximate surface area is 125 Å². The SMILES string of the molecule is Nc1nc(N)c(C(C[N+](=O)[O-])c2ccccc2Cl)c(N)n1. The zero-order valence-electron chi connectivity index (χ0n) is 10.9. The molecular formula is C12H13ClN6O2. The lowest BCUT2D eigenvalue weighted by molar-refractivity contribution is -0.481. The number of hydrogen-bond acceptors (Lipinski definition) is 7. The van der Waals surface area contributed by atoms with Crippen molar-refractivity contribution in [2.24, 2.45) is 0 Å². The Kier molecular flexibility index (Phi) is 4.08. The summed E-state index contributed by atoms with van der Waals surface area (Å²) >= 11 is 6.12. The van der Waals surface area contributed by atoms with Gasteiger partial charge in [-0.1, -0.05) is 29.8 Å². The van der Waals surface area contributed by atoms with Crippen LogP contribution in [0.4, 0.5) is 17.6 Å². The van der Waals surface area contributed by atoms with Crippen LogP contribution in [-0.4, -0.2) is 21.4 Å². The van der Waals surface area contributed by atoms with Gasteiger partial charge in [0.15, 0.2) is 0 Å². The Morgan fingerprint density at radius 2 is 1.76 bits per heavy atom. The molecule has 2 rings (SSSR count). The first kappa shape index (κ1) is 14.8. The van der Waals surface area contributed by atoms with E-state index in [1.807, 2.05) is 0 Å². The van der Waals surface area contributed by atoms with Gasteiger partial charge in [-0.25, -0.2) is 0 Å². The molecule has 0 saturated heterocycles. The van der Waals surface area contributed by atoms with E-state index in [9.17, 15) is 10.1 Å². The van der Waals surface area contributed by atoms with Gasteiger partial charge in [-0.15, -0.1) is 0 Å². The highest BCUT2D eigenvalue weighted by Gasteiger charge is 2.28. The van der Waals surface area contributed by atoms with Crippen molar-refractivity contribution in [2.45, 2.75) is 5.92 Å². The summed E-state index contributed by atoms with van der Waals surface area (Å²) in [7, 11) is 0. The minimum absolute atomic E-state index is 0.00627. The van der Waals surface area contributed by atoms with E-state index in [-0.39, 0.29) is 23.1 Å². The Bertz CT molecular complexity index is 670. The number of hydrogen-bond donors (Lipinski definition) is 3. The maximum atomic E-state index is 11.0. The van der Waals surface area contributed by atoms with Crippen LogP contribution in [0.25, 0.3) is 0 Å². The summed E-state index contributed by atoms with van der Waals surface area (Å²) in [5, 5.41) is 11.3. The zero-order valence-corrected chi connectivity index (χ0v) is 11.6. The summed E-state index contributed by atoms with van der Waals surface area (Å²) in [5.41, 5.74) is 17.9. The quantitative estimate of drug-likeness (QED) is 0.569. The van der Waals surface area contributed by atoms with Crippen molar-refractivity contribution in [3.8, 4) is 0 Å². The highest BCUT2D eigenvalue weighted by atomic mass is 35.5. The van der Waals surface area contributed by atoms with E-state index in [1.54, 1.807) is 24.3 Å². The Hall–Kier alpha value is -2.61. The minimum atomic E-state index is -0.755. The molecule has 6 N–H and O–H groups in total. The molecule has 21 heavy (non-hydrogen) atoms. The van der Waals surface area contributed by atoms with Gasteiger partial charge < -0.3 is 17.2 Å². The molecule has 1 heterocycles. The van der Waals surface area contributed by atoms with Gasteiger partial charge in [0.2, 0.25) is 12.5 Å². The Balaban J connectivity index is 2.62. The number of nitro groups is 1. The lowest BCUT2D eigenvalue weighted by Gasteiger charge is -2.18. The van der Waals surface area contributed by atoms with Gasteiger partial charge in [-0.2, -0.15) is 9.97 Å². The normalized spacial score (nSPS) is 12.0. The van der Waals surface area contributed by atoms with Crippen LogP contribution in [0.1, 0.15) is 17.0 Å². The second kappa shape index (κ2) is 5.80. The fourth-order valence-corrected chi connectivity index (χ4v) is 2.40. The second-order valence-corrected chi connectivity index (χ2v) is 4.76. The summed E-state index contributed by atoms with van der Waals surface area (Å²) in [6.07, 6.45) is 0. The van der Waals surface area contributed by atoms with Gasteiger partial charge in [0.1, 0.15) is 11.6 Å². The number of anilines is 3. The van der Waals surface area contributed by atoms with Crippen LogP contribution in [0, 0.1) is 10.1 Å². The van der Waals surface area contributed by atoms with Gasteiger partial charge in [0.25, 0.3) is 0 Å².